The fourth-order valence-electron chi connectivity index (χ4n) is 3.26. The second-order valence-electron chi connectivity index (χ2n) is 7.04. The molecule has 29 heavy (non-hydrogen) atoms. The number of benzene rings is 2. The fraction of sp³-hybridized carbons (Fsp3) is 0.364. The molecular formula is C22H25NO5S. The largest absolute Gasteiger partial charge is 0.454 e. The van der Waals surface area contributed by atoms with Crippen molar-refractivity contribution in [3.05, 3.63) is 65.2 Å². The van der Waals surface area contributed by atoms with Gasteiger partial charge in [-0.15, -0.1) is 0 Å². The number of carbonyl (C=O) groups is 2. The monoisotopic (exact) mass is 415 g/mol. The van der Waals surface area contributed by atoms with Crippen molar-refractivity contribution in [1.29, 1.82) is 0 Å². The fourth-order valence-corrected chi connectivity index (χ4v) is 4.83. The van der Waals surface area contributed by atoms with Crippen LogP contribution in [0.1, 0.15) is 52.5 Å². The van der Waals surface area contributed by atoms with Crippen LogP contribution in [0.4, 0.5) is 0 Å². The third-order valence-corrected chi connectivity index (χ3v) is 6.94. The van der Waals surface area contributed by atoms with E-state index in [4.69, 9.17) is 4.74 Å². The first kappa shape index (κ1) is 21.2. The van der Waals surface area contributed by atoms with Crippen LogP contribution < -0.4 is 0 Å². The van der Waals surface area contributed by atoms with Crippen molar-refractivity contribution >= 4 is 21.8 Å². The van der Waals surface area contributed by atoms with Crippen molar-refractivity contribution in [2.45, 2.75) is 37.5 Å². The molecule has 0 aliphatic carbocycles. The smallest absolute Gasteiger partial charge is 0.338 e. The molecule has 0 N–H and O–H groups in total. The van der Waals surface area contributed by atoms with Gasteiger partial charge in [0.05, 0.1) is 10.5 Å². The Hall–Kier alpha value is -2.51. The molecule has 154 valence electrons. The SMILES string of the molecule is CCc1ccc(C(=O)COC(=O)c2cccc(S(=O)(=O)N3CCCCC3)c2)cc1. The van der Waals surface area contributed by atoms with Crippen LogP contribution in [-0.2, 0) is 21.2 Å². The predicted octanol–water partition coefficient (Wildman–Crippen LogP) is 3.46. The summed E-state index contributed by atoms with van der Waals surface area (Å²) >= 11 is 0. The molecule has 0 aromatic heterocycles. The van der Waals surface area contributed by atoms with Crippen molar-refractivity contribution < 1.29 is 22.7 Å². The van der Waals surface area contributed by atoms with E-state index in [1.807, 2.05) is 19.1 Å². The number of ether oxygens (including phenoxy) is 1. The third-order valence-electron chi connectivity index (χ3n) is 5.04. The maximum atomic E-state index is 12.8. The van der Waals surface area contributed by atoms with E-state index in [9.17, 15) is 18.0 Å². The van der Waals surface area contributed by atoms with Crippen LogP contribution in [0, 0.1) is 0 Å². The van der Waals surface area contributed by atoms with E-state index < -0.39 is 22.6 Å². The second kappa shape index (κ2) is 9.33. The average molecular weight is 416 g/mol. The zero-order valence-corrected chi connectivity index (χ0v) is 17.3. The lowest BCUT2D eigenvalue weighted by Gasteiger charge is -2.25. The van der Waals surface area contributed by atoms with E-state index in [0.29, 0.717) is 18.7 Å². The van der Waals surface area contributed by atoms with Crippen LogP contribution in [0.15, 0.2) is 53.4 Å². The van der Waals surface area contributed by atoms with Crippen LogP contribution in [0.5, 0.6) is 0 Å². The molecule has 0 amide bonds. The number of carbonyl (C=O) groups excluding carboxylic acids is 2. The minimum Gasteiger partial charge on any atom is -0.454 e. The van der Waals surface area contributed by atoms with Crippen molar-refractivity contribution in [2.24, 2.45) is 0 Å². The zero-order valence-electron chi connectivity index (χ0n) is 16.5. The highest BCUT2D eigenvalue weighted by atomic mass is 32.2. The molecule has 1 aliphatic rings. The van der Waals surface area contributed by atoms with Crippen LogP contribution in [-0.4, -0.2) is 44.2 Å². The molecule has 3 rings (SSSR count). The first-order valence-electron chi connectivity index (χ1n) is 9.81. The lowest BCUT2D eigenvalue weighted by atomic mass is 10.1. The quantitative estimate of drug-likeness (QED) is 0.511. The number of hydrogen-bond donors (Lipinski definition) is 0. The molecule has 7 heteroatoms. The number of nitrogens with zero attached hydrogens (tertiary/aromatic N) is 1. The Kier molecular flexibility index (Phi) is 6.82. The maximum absolute atomic E-state index is 12.8. The summed E-state index contributed by atoms with van der Waals surface area (Å²) < 4.78 is 32.1. The molecule has 1 heterocycles. The molecular weight excluding hydrogens is 390 g/mol. The number of Topliss-reactive ketones (excluding diaryl/α,β-unsaturated/α-hetero) is 1. The third kappa shape index (κ3) is 5.10. The summed E-state index contributed by atoms with van der Waals surface area (Å²) in [4.78, 5) is 24.7. The van der Waals surface area contributed by atoms with Gasteiger partial charge < -0.3 is 4.74 Å². The Balaban J connectivity index is 1.66. The van der Waals surface area contributed by atoms with Gasteiger partial charge >= 0.3 is 5.97 Å². The van der Waals surface area contributed by atoms with E-state index in [-0.39, 0.29) is 16.2 Å². The number of piperidine rings is 1. The number of hydrogen-bond acceptors (Lipinski definition) is 5. The summed E-state index contributed by atoms with van der Waals surface area (Å²) in [5, 5.41) is 0. The van der Waals surface area contributed by atoms with Gasteiger partial charge in [-0.1, -0.05) is 43.7 Å². The van der Waals surface area contributed by atoms with Gasteiger partial charge in [-0.2, -0.15) is 4.31 Å². The van der Waals surface area contributed by atoms with Gasteiger partial charge in [-0.3, -0.25) is 4.79 Å². The van der Waals surface area contributed by atoms with Crippen molar-refractivity contribution in [2.75, 3.05) is 19.7 Å². The van der Waals surface area contributed by atoms with E-state index in [1.165, 1.54) is 28.6 Å². The molecule has 2 aromatic rings. The van der Waals surface area contributed by atoms with Crippen molar-refractivity contribution in [3.8, 4) is 0 Å². The summed E-state index contributed by atoms with van der Waals surface area (Å²) in [6.07, 6.45) is 3.57. The Labute approximate surface area is 171 Å². The molecule has 0 atom stereocenters. The topological polar surface area (TPSA) is 80.8 Å². The van der Waals surface area contributed by atoms with Crippen LogP contribution >= 0.6 is 0 Å². The first-order valence-corrected chi connectivity index (χ1v) is 11.3. The summed E-state index contributed by atoms with van der Waals surface area (Å²) in [7, 11) is -3.64. The maximum Gasteiger partial charge on any atom is 0.338 e. The van der Waals surface area contributed by atoms with E-state index >= 15 is 0 Å². The van der Waals surface area contributed by atoms with E-state index in [0.717, 1.165) is 31.2 Å². The Morgan fingerprint density at radius 3 is 2.31 bits per heavy atom. The van der Waals surface area contributed by atoms with Crippen LogP contribution in [0.25, 0.3) is 0 Å². The standard InChI is InChI=1S/C22H25NO5S/c1-2-17-9-11-18(12-10-17)21(24)16-28-22(25)19-7-6-8-20(15-19)29(26,27)23-13-4-3-5-14-23/h6-12,15H,2-5,13-14,16H2,1H3. The lowest BCUT2D eigenvalue weighted by Crippen LogP contribution is -2.35. The number of aryl methyl sites for hydroxylation is 1. The number of ketones is 1. The van der Waals surface area contributed by atoms with Gasteiger partial charge in [-0.25, -0.2) is 13.2 Å². The van der Waals surface area contributed by atoms with Crippen LogP contribution in [0.3, 0.4) is 0 Å². The number of rotatable bonds is 7. The molecule has 6 nitrogen and oxygen atoms in total. The molecule has 1 saturated heterocycles. The summed E-state index contributed by atoms with van der Waals surface area (Å²) in [5.41, 5.74) is 1.69. The Morgan fingerprint density at radius 1 is 0.966 bits per heavy atom. The molecule has 0 saturated carbocycles. The second-order valence-corrected chi connectivity index (χ2v) is 8.98. The highest BCUT2D eigenvalue weighted by molar-refractivity contribution is 7.89. The number of sulfonamides is 1. The summed E-state index contributed by atoms with van der Waals surface area (Å²) in [6.45, 7) is 2.61. The Bertz CT molecular complexity index is 977. The number of esters is 1. The van der Waals surface area contributed by atoms with Gasteiger partial charge in [0.25, 0.3) is 0 Å². The van der Waals surface area contributed by atoms with Gasteiger partial charge in [0.1, 0.15) is 0 Å². The first-order chi connectivity index (χ1) is 13.9. The normalized spacial score (nSPS) is 15.1. The van der Waals surface area contributed by atoms with Crippen molar-refractivity contribution in [1.82, 2.24) is 4.31 Å². The molecule has 1 aliphatic heterocycles. The molecule has 0 unspecified atom stereocenters. The highest BCUT2D eigenvalue weighted by Gasteiger charge is 2.26. The zero-order chi connectivity index (χ0) is 20.9. The molecule has 1 fully saturated rings. The minimum atomic E-state index is -3.64. The molecule has 2 aromatic carbocycles. The van der Waals surface area contributed by atoms with Gasteiger partial charge in [0, 0.05) is 18.7 Å². The minimum absolute atomic E-state index is 0.0651. The Morgan fingerprint density at radius 2 is 1.66 bits per heavy atom. The summed E-state index contributed by atoms with van der Waals surface area (Å²) in [5.74, 6) is -1.03. The van der Waals surface area contributed by atoms with Gasteiger partial charge in [0.2, 0.25) is 10.0 Å². The summed E-state index contributed by atoms with van der Waals surface area (Å²) in [6, 6.07) is 12.9. The predicted molar refractivity (Wildman–Crippen MR) is 109 cm³/mol. The van der Waals surface area contributed by atoms with E-state index in [1.54, 1.807) is 12.1 Å². The highest BCUT2D eigenvalue weighted by Crippen LogP contribution is 2.21. The van der Waals surface area contributed by atoms with Crippen LogP contribution in [0.2, 0.25) is 0 Å². The van der Waals surface area contributed by atoms with E-state index in [2.05, 4.69) is 0 Å². The van der Waals surface area contributed by atoms with Gasteiger partial charge in [-0.05, 0) is 43.0 Å². The molecule has 0 radical (unpaired) electrons. The van der Waals surface area contributed by atoms with Gasteiger partial charge in [0.15, 0.2) is 12.4 Å². The molecule has 0 bridgehead atoms. The van der Waals surface area contributed by atoms with Crippen molar-refractivity contribution in [3.63, 3.8) is 0 Å². The molecule has 0 spiro atoms. The lowest BCUT2D eigenvalue weighted by molar-refractivity contribution is 0.0474. The average Bonchev–Trinajstić information content (AvgIpc) is 2.78.